The lowest BCUT2D eigenvalue weighted by molar-refractivity contribution is -0.467. The largest absolute Gasteiger partial charge is 0.382 e. The minimum atomic E-state index is -1.59. The van der Waals surface area contributed by atoms with Crippen LogP contribution in [0, 0.1) is 0 Å². The fraction of sp³-hybridized carbons (Fsp3) is 0.667. The molecule has 0 saturated carbocycles. The molecule has 10 nitrogen and oxygen atoms in total. The molecule has 0 amide bonds. The molecule has 0 aliphatic carbocycles. The van der Waals surface area contributed by atoms with Crippen molar-refractivity contribution in [3.8, 4) is 0 Å². The molecule has 110 valence electrons. The number of carbonyl (C=O) groups excluding carboxylic acids is 3. The molecule has 0 bridgehead atoms. The van der Waals surface area contributed by atoms with E-state index in [2.05, 4.69) is 14.5 Å². The van der Waals surface area contributed by atoms with Crippen molar-refractivity contribution in [1.82, 2.24) is 5.39 Å². The van der Waals surface area contributed by atoms with Gasteiger partial charge in [0.05, 0.1) is 0 Å². The summed E-state index contributed by atoms with van der Waals surface area (Å²) in [6.45, 7) is 3.15. The molecule has 3 N–H and O–H groups in total. The molecule has 0 rings (SSSR count). The predicted octanol–water partition coefficient (Wildman–Crippen LogP) is -2.19. The van der Waals surface area contributed by atoms with Crippen LogP contribution in [0.4, 0.5) is 0 Å². The summed E-state index contributed by atoms with van der Waals surface area (Å²) in [6.07, 6.45) is -4.76. The Labute approximate surface area is 107 Å². The zero-order chi connectivity index (χ0) is 15.2. The lowest BCUT2D eigenvalue weighted by atomic mass is 10.4. The van der Waals surface area contributed by atoms with Gasteiger partial charge in [-0.25, -0.2) is 14.4 Å². The van der Waals surface area contributed by atoms with Gasteiger partial charge in [0.25, 0.3) is 0 Å². The third-order valence-corrected chi connectivity index (χ3v) is 1.52. The highest BCUT2D eigenvalue weighted by atomic mass is 17.2. The Hall–Kier alpha value is -1.75. The van der Waals surface area contributed by atoms with E-state index in [1.54, 1.807) is 0 Å². The van der Waals surface area contributed by atoms with Crippen molar-refractivity contribution >= 4 is 17.9 Å². The summed E-state index contributed by atoms with van der Waals surface area (Å²) in [6, 6.07) is 0. The zero-order valence-electron chi connectivity index (χ0n) is 10.5. The molecule has 10 heteroatoms. The molecule has 0 aromatic carbocycles. The van der Waals surface area contributed by atoms with E-state index in [0.717, 1.165) is 20.8 Å². The number of nitrogens with zero attached hydrogens (tertiary/aromatic N) is 1. The Morgan fingerprint density at radius 1 is 0.737 bits per heavy atom. The number of rotatable bonds is 6. The van der Waals surface area contributed by atoms with Crippen molar-refractivity contribution in [2.24, 2.45) is 0 Å². The fourth-order valence-electron chi connectivity index (χ4n) is 0.505. The van der Waals surface area contributed by atoms with Crippen molar-refractivity contribution in [2.75, 3.05) is 0 Å². The van der Waals surface area contributed by atoms with Crippen LogP contribution in [0.3, 0.4) is 0 Å². The maximum atomic E-state index is 11.0. The van der Waals surface area contributed by atoms with E-state index in [4.69, 9.17) is 15.3 Å². The SMILES string of the molecule is CC(O)C(=O)ON(OC(=O)C(C)O)OC(=O)C(C)O. The van der Waals surface area contributed by atoms with Gasteiger partial charge in [-0.15, -0.1) is 0 Å². The average molecular weight is 281 g/mol. The molecule has 3 unspecified atom stereocenters. The summed E-state index contributed by atoms with van der Waals surface area (Å²) in [5.74, 6) is -3.88. The maximum Gasteiger partial charge on any atom is 0.360 e. The van der Waals surface area contributed by atoms with Gasteiger partial charge in [0, 0.05) is 0 Å². The summed E-state index contributed by atoms with van der Waals surface area (Å²) >= 11 is 0. The second kappa shape index (κ2) is 7.63. The molecule has 0 saturated heterocycles. The van der Waals surface area contributed by atoms with Gasteiger partial charge in [-0.05, 0) is 20.8 Å². The molecule has 0 aliphatic heterocycles. The Kier molecular flexibility index (Phi) is 6.93. The predicted molar refractivity (Wildman–Crippen MR) is 55.2 cm³/mol. The normalized spacial score (nSPS) is 15.3. The number of aliphatic hydroxyl groups is 3. The van der Waals surface area contributed by atoms with Crippen LogP contribution >= 0.6 is 0 Å². The van der Waals surface area contributed by atoms with Gasteiger partial charge in [-0.3, -0.25) is 14.5 Å². The molecular weight excluding hydrogens is 266 g/mol. The smallest absolute Gasteiger partial charge is 0.360 e. The molecule has 19 heavy (non-hydrogen) atoms. The summed E-state index contributed by atoms with van der Waals surface area (Å²) in [4.78, 5) is 45.7. The van der Waals surface area contributed by atoms with Gasteiger partial charge >= 0.3 is 17.9 Å². The molecular formula is C9H15NO9. The van der Waals surface area contributed by atoms with Crippen LogP contribution in [0.15, 0.2) is 0 Å². The van der Waals surface area contributed by atoms with Crippen LogP contribution in [0.2, 0.25) is 0 Å². The van der Waals surface area contributed by atoms with E-state index in [-0.39, 0.29) is 5.39 Å². The first-order chi connectivity index (χ1) is 8.65. The van der Waals surface area contributed by atoms with Gasteiger partial charge in [0.1, 0.15) is 0 Å². The van der Waals surface area contributed by atoms with Crippen LogP contribution in [0.1, 0.15) is 20.8 Å². The fourth-order valence-corrected chi connectivity index (χ4v) is 0.505. The first-order valence-corrected chi connectivity index (χ1v) is 5.15. The van der Waals surface area contributed by atoms with E-state index in [1.165, 1.54) is 0 Å². The third-order valence-electron chi connectivity index (χ3n) is 1.52. The molecule has 0 aliphatic rings. The van der Waals surface area contributed by atoms with E-state index >= 15 is 0 Å². The number of hydrogen-bond donors (Lipinski definition) is 3. The van der Waals surface area contributed by atoms with E-state index in [0.29, 0.717) is 0 Å². The van der Waals surface area contributed by atoms with Gasteiger partial charge in [0.2, 0.25) is 5.39 Å². The zero-order valence-corrected chi connectivity index (χ0v) is 10.5. The van der Waals surface area contributed by atoms with Gasteiger partial charge in [-0.1, -0.05) is 0 Å². The summed E-state index contributed by atoms with van der Waals surface area (Å²) in [5, 5.41) is 26.3. The van der Waals surface area contributed by atoms with Crippen molar-refractivity contribution in [2.45, 2.75) is 39.1 Å². The Morgan fingerprint density at radius 2 is 0.947 bits per heavy atom. The van der Waals surface area contributed by atoms with Crippen LogP contribution < -0.4 is 0 Å². The molecule has 0 fully saturated rings. The molecule has 0 radical (unpaired) electrons. The average Bonchev–Trinajstić information content (AvgIpc) is 2.27. The van der Waals surface area contributed by atoms with Crippen molar-refractivity contribution in [3.05, 3.63) is 0 Å². The number of carbonyl (C=O) groups is 3. The summed E-state index contributed by atoms with van der Waals surface area (Å²) in [7, 11) is 0. The van der Waals surface area contributed by atoms with Gasteiger partial charge < -0.3 is 15.3 Å². The monoisotopic (exact) mass is 281 g/mol. The Bertz CT molecular complexity index is 286. The van der Waals surface area contributed by atoms with E-state index in [9.17, 15) is 14.4 Å². The topological polar surface area (TPSA) is 143 Å². The van der Waals surface area contributed by atoms with Crippen LogP contribution in [0.5, 0.6) is 0 Å². The van der Waals surface area contributed by atoms with Crippen LogP contribution in [-0.2, 0) is 28.9 Å². The van der Waals surface area contributed by atoms with Crippen molar-refractivity contribution < 1.29 is 44.2 Å². The second-order valence-corrected chi connectivity index (χ2v) is 3.48. The first-order valence-electron chi connectivity index (χ1n) is 5.15. The third kappa shape index (κ3) is 6.67. The Morgan fingerprint density at radius 3 is 1.11 bits per heavy atom. The minimum absolute atomic E-state index is 0.306. The lowest BCUT2D eigenvalue weighted by Crippen LogP contribution is -2.39. The first kappa shape index (κ1) is 17.2. The van der Waals surface area contributed by atoms with Crippen molar-refractivity contribution in [3.63, 3.8) is 0 Å². The van der Waals surface area contributed by atoms with Gasteiger partial charge in [0.15, 0.2) is 18.3 Å². The van der Waals surface area contributed by atoms with Gasteiger partial charge in [-0.2, -0.15) is 0 Å². The highest BCUT2D eigenvalue weighted by Gasteiger charge is 2.27. The second-order valence-electron chi connectivity index (χ2n) is 3.48. The quantitative estimate of drug-likeness (QED) is 0.459. The molecule has 0 spiro atoms. The molecule has 0 aromatic rings. The van der Waals surface area contributed by atoms with Crippen LogP contribution in [0.25, 0.3) is 0 Å². The Balaban J connectivity index is 4.68. The van der Waals surface area contributed by atoms with E-state index in [1.807, 2.05) is 0 Å². The molecule has 0 heterocycles. The number of hydrogen-bond acceptors (Lipinski definition) is 10. The van der Waals surface area contributed by atoms with Crippen LogP contribution in [-0.4, -0.2) is 56.9 Å². The summed E-state index contributed by atoms with van der Waals surface area (Å²) < 4.78 is 0. The van der Waals surface area contributed by atoms with Crippen molar-refractivity contribution in [1.29, 1.82) is 0 Å². The minimum Gasteiger partial charge on any atom is -0.382 e. The number of aliphatic hydroxyl groups excluding tert-OH is 3. The highest BCUT2D eigenvalue weighted by molar-refractivity contribution is 5.76. The molecule has 0 aromatic heterocycles. The standard InChI is InChI=1S/C9H15NO9/c1-4(11)7(14)17-10(18-8(15)5(2)12)19-9(16)6(3)13/h4-6,11-13H,1-3H3. The summed E-state index contributed by atoms with van der Waals surface area (Å²) in [5.41, 5.74) is 0. The lowest BCUT2D eigenvalue weighted by Gasteiger charge is -2.18. The van der Waals surface area contributed by atoms with E-state index < -0.39 is 36.2 Å². The molecule has 3 atom stereocenters. The maximum absolute atomic E-state index is 11.0. The highest BCUT2D eigenvalue weighted by Crippen LogP contribution is 2.02.